The highest BCUT2D eigenvalue weighted by atomic mass is 16.5. The lowest BCUT2D eigenvalue weighted by atomic mass is 10.0. The number of benzene rings is 2. The Morgan fingerprint density at radius 3 is 2.56 bits per heavy atom. The van der Waals surface area contributed by atoms with Gasteiger partial charge < -0.3 is 4.74 Å². The molecule has 0 N–H and O–H groups in total. The molecule has 0 heterocycles. The first-order chi connectivity index (χ1) is 8.83. The second-order valence-electron chi connectivity index (χ2n) is 4.09. The van der Waals surface area contributed by atoms with Crippen molar-refractivity contribution in [3.05, 3.63) is 77.5 Å². The van der Waals surface area contributed by atoms with E-state index in [4.69, 9.17) is 4.74 Å². The van der Waals surface area contributed by atoms with Crippen molar-refractivity contribution >= 4 is 6.08 Å². The Labute approximate surface area is 108 Å². The van der Waals surface area contributed by atoms with Crippen LogP contribution < -0.4 is 4.74 Å². The molecule has 0 amide bonds. The van der Waals surface area contributed by atoms with Crippen LogP contribution in [0.25, 0.3) is 6.08 Å². The van der Waals surface area contributed by atoms with E-state index in [1.54, 1.807) is 7.11 Å². The highest BCUT2D eigenvalue weighted by molar-refractivity contribution is 5.58. The summed E-state index contributed by atoms with van der Waals surface area (Å²) < 4.78 is 5.30. The van der Waals surface area contributed by atoms with E-state index >= 15 is 0 Å². The second kappa shape index (κ2) is 5.90. The minimum Gasteiger partial charge on any atom is -0.496 e. The van der Waals surface area contributed by atoms with Gasteiger partial charge in [0.1, 0.15) is 5.75 Å². The molecule has 2 rings (SSSR count). The van der Waals surface area contributed by atoms with Gasteiger partial charge in [-0.25, -0.2) is 0 Å². The summed E-state index contributed by atoms with van der Waals surface area (Å²) in [6.45, 7) is 3.61. The summed E-state index contributed by atoms with van der Waals surface area (Å²) in [5.74, 6) is 0.850. The van der Waals surface area contributed by atoms with Crippen LogP contribution >= 0.6 is 0 Å². The summed E-state index contributed by atoms with van der Waals surface area (Å²) in [5.41, 5.74) is 6.36. The molecule has 0 radical (unpaired) electrons. The maximum absolute atomic E-state index is 5.30. The van der Waals surface area contributed by atoms with Gasteiger partial charge in [-0.1, -0.05) is 43.0 Å². The van der Waals surface area contributed by atoms with Crippen LogP contribution in [0.15, 0.2) is 60.8 Å². The molecule has 2 aromatic carbocycles. The molecule has 0 atom stereocenters. The molecule has 0 aromatic heterocycles. The average Bonchev–Trinajstić information content (AvgIpc) is 2.41. The van der Waals surface area contributed by atoms with E-state index in [1.165, 1.54) is 11.1 Å². The van der Waals surface area contributed by atoms with Crippen LogP contribution in [0.4, 0.5) is 0 Å². The summed E-state index contributed by atoms with van der Waals surface area (Å²) in [6, 6.07) is 16.6. The van der Waals surface area contributed by atoms with Crippen molar-refractivity contribution in [2.75, 3.05) is 7.11 Å². The lowest BCUT2D eigenvalue weighted by molar-refractivity contribution is 0.413. The van der Waals surface area contributed by atoms with E-state index in [9.17, 15) is 0 Å². The van der Waals surface area contributed by atoms with E-state index in [1.807, 2.05) is 18.2 Å². The number of methoxy groups -OCH3 is 1. The normalized spacial score (nSPS) is 9.61. The van der Waals surface area contributed by atoms with Crippen molar-refractivity contribution in [3.63, 3.8) is 0 Å². The molecule has 0 unspecified atom stereocenters. The van der Waals surface area contributed by atoms with E-state index in [-0.39, 0.29) is 0 Å². The van der Waals surface area contributed by atoms with Gasteiger partial charge in [-0.15, -0.1) is 5.73 Å². The predicted molar refractivity (Wildman–Crippen MR) is 75.8 cm³/mol. The summed E-state index contributed by atoms with van der Waals surface area (Å²) in [4.78, 5) is 0. The van der Waals surface area contributed by atoms with E-state index in [0.29, 0.717) is 0 Å². The quantitative estimate of drug-likeness (QED) is 0.727. The maximum Gasteiger partial charge on any atom is 0.126 e. The highest BCUT2D eigenvalue weighted by Crippen LogP contribution is 2.22. The van der Waals surface area contributed by atoms with Gasteiger partial charge in [-0.3, -0.25) is 0 Å². The molecule has 90 valence electrons. The summed E-state index contributed by atoms with van der Waals surface area (Å²) in [5, 5.41) is 0. The van der Waals surface area contributed by atoms with Gasteiger partial charge in [0.25, 0.3) is 0 Å². The third kappa shape index (κ3) is 2.91. The molecule has 1 nitrogen and oxygen atoms in total. The molecule has 18 heavy (non-hydrogen) atoms. The van der Waals surface area contributed by atoms with Crippen LogP contribution in [0.2, 0.25) is 0 Å². The van der Waals surface area contributed by atoms with Crippen LogP contribution in [-0.4, -0.2) is 7.11 Å². The van der Waals surface area contributed by atoms with Crippen LogP contribution in [-0.2, 0) is 6.42 Å². The zero-order valence-electron chi connectivity index (χ0n) is 10.5. The molecule has 0 spiro atoms. The van der Waals surface area contributed by atoms with Crippen molar-refractivity contribution < 1.29 is 4.74 Å². The van der Waals surface area contributed by atoms with Crippen molar-refractivity contribution in [2.24, 2.45) is 0 Å². The van der Waals surface area contributed by atoms with Gasteiger partial charge in [0.2, 0.25) is 0 Å². The topological polar surface area (TPSA) is 9.23 Å². The number of hydrogen-bond acceptors (Lipinski definition) is 1. The number of hydrogen-bond donors (Lipinski definition) is 0. The van der Waals surface area contributed by atoms with Gasteiger partial charge >= 0.3 is 0 Å². The fraction of sp³-hybridized carbons (Fsp3) is 0.118. The van der Waals surface area contributed by atoms with E-state index < -0.39 is 0 Å². The summed E-state index contributed by atoms with van der Waals surface area (Å²) >= 11 is 0. The molecule has 1 heteroatoms. The van der Waals surface area contributed by atoms with Gasteiger partial charge in [0.15, 0.2) is 0 Å². The third-order valence-electron chi connectivity index (χ3n) is 2.80. The molecule has 0 aliphatic carbocycles. The first-order valence-electron chi connectivity index (χ1n) is 5.90. The standard InChI is InChI=1S/C17H16O/c1-3-7-16-13-15(10-11-17(16)18-2)12-14-8-5-4-6-9-14/h4-11,13H,1,12H2,2H3. The minimum atomic E-state index is 0.850. The Balaban J connectivity index is 2.30. The Bertz CT molecular complexity index is 563. The van der Waals surface area contributed by atoms with Crippen molar-refractivity contribution in [3.8, 4) is 5.75 Å². The Hall–Kier alpha value is -2.24. The molecule has 0 saturated heterocycles. The predicted octanol–water partition coefficient (Wildman–Crippen LogP) is 4.08. The monoisotopic (exact) mass is 236 g/mol. The van der Waals surface area contributed by atoms with Crippen LogP contribution in [0.1, 0.15) is 16.7 Å². The lowest BCUT2D eigenvalue weighted by Crippen LogP contribution is -1.92. The van der Waals surface area contributed by atoms with Gasteiger partial charge in [-0.2, -0.15) is 0 Å². The van der Waals surface area contributed by atoms with E-state index in [2.05, 4.69) is 48.7 Å². The molecule has 0 fully saturated rings. The fourth-order valence-corrected chi connectivity index (χ4v) is 1.95. The Morgan fingerprint density at radius 2 is 1.89 bits per heavy atom. The van der Waals surface area contributed by atoms with Crippen molar-refractivity contribution in [1.29, 1.82) is 0 Å². The molecule has 0 saturated carbocycles. The van der Waals surface area contributed by atoms with Crippen molar-refractivity contribution in [1.82, 2.24) is 0 Å². The highest BCUT2D eigenvalue weighted by Gasteiger charge is 2.02. The zero-order valence-corrected chi connectivity index (χ0v) is 10.5. The Kier molecular flexibility index (Phi) is 4.01. The number of rotatable bonds is 4. The van der Waals surface area contributed by atoms with E-state index in [0.717, 1.165) is 17.7 Å². The molecular weight excluding hydrogens is 220 g/mol. The average molecular weight is 236 g/mol. The smallest absolute Gasteiger partial charge is 0.126 e. The maximum atomic E-state index is 5.30. The Morgan fingerprint density at radius 1 is 1.11 bits per heavy atom. The molecule has 0 aliphatic rings. The molecule has 2 aromatic rings. The molecule has 0 aliphatic heterocycles. The van der Waals surface area contributed by atoms with Crippen molar-refractivity contribution in [2.45, 2.75) is 6.42 Å². The van der Waals surface area contributed by atoms with Crippen LogP contribution in [0.3, 0.4) is 0 Å². The molecular formula is C17H16O. The third-order valence-corrected chi connectivity index (χ3v) is 2.80. The SMILES string of the molecule is C=C=Cc1cc(Cc2ccccc2)ccc1OC. The first-order valence-corrected chi connectivity index (χ1v) is 5.90. The number of ether oxygens (including phenoxy) is 1. The zero-order chi connectivity index (χ0) is 12.8. The summed E-state index contributed by atoms with van der Waals surface area (Å²) in [7, 11) is 1.67. The minimum absolute atomic E-state index is 0.850. The van der Waals surface area contributed by atoms with Gasteiger partial charge in [0.05, 0.1) is 7.11 Å². The molecule has 0 bridgehead atoms. The fourth-order valence-electron chi connectivity index (χ4n) is 1.95. The van der Waals surface area contributed by atoms with Gasteiger partial charge in [-0.05, 0) is 35.8 Å². The lowest BCUT2D eigenvalue weighted by Gasteiger charge is -2.07. The van der Waals surface area contributed by atoms with Crippen LogP contribution in [0, 0.1) is 0 Å². The van der Waals surface area contributed by atoms with Gasteiger partial charge in [0, 0.05) is 5.56 Å². The van der Waals surface area contributed by atoms with Crippen LogP contribution in [0.5, 0.6) is 5.75 Å². The summed E-state index contributed by atoms with van der Waals surface area (Å²) in [6.07, 6.45) is 2.76. The first kappa shape index (κ1) is 12.2. The largest absolute Gasteiger partial charge is 0.496 e. The second-order valence-corrected chi connectivity index (χ2v) is 4.09.